The van der Waals surface area contributed by atoms with Crippen molar-refractivity contribution in [3.05, 3.63) is 46.2 Å². The van der Waals surface area contributed by atoms with Crippen LogP contribution in [0.2, 0.25) is 0 Å². The maximum Gasteiger partial charge on any atom is 0.338 e. The van der Waals surface area contributed by atoms with Crippen LogP contribution in [0.15, 0.2) is 35.1 Å². The van der Waals surface area contributed by atoms with E-state index in [0.29, 0.717) is 61.0 Å². The first-order valence-corrected chi connectivity index (χ1v) is 10.1. The first kappa shape index (κ1) is 20.0. The normalized spacial score (nSPS) is 12.5. The van der Waals surface area contributed by atoms with Gasteiger partial charge in [-0.05, 0) is 37.3 Å². The standard InChI is InChI=1S/C24H21NO7/c1-5-30-24(27)17-6-14-12-7-18(28-3)19(29-4)10-16(12)23(26)25(2)22(14)15-9-21-20(8-13(15)17)31-11-32-21/h6-10H,5,11H2,1-4H3. The third kappa shape index (κ3) is 2.76. The van der Waals surface area contributed by atoms with Gasteiger partial charge < -0.3 is 28.3 Å². The number of pyridine rings is 1. The van der Waals surface area contributed by atoms with Crippen LogP contribution in [0.4, 0.5) is 0 Å². The fraction of sp³-hybridized carbons (Fsp3) is 0.250. The average Bonchev–Trinajstić information content (AvgIpc) is 3.26. The van der Waals surface area contributed by atoms with Crippen LogP contribution >= 0.6 is 0 Å². The Morgan fingerprint density at radius 1 is 0.906 bits per heavy atom. The lowest BCUT2D eigenvalue weighted by molar-refractivity contribution is 0.0529. The maximum absolute atomic E-state index is 13.3. The van der Waals surface area contributed by atoms with Gasteiger partial charge in [0.1, 0.15) is 0 Å². The lowest BCUT2D eigenvalue weighted by Gasteiger charge is -2.17. The molecule has 164 valence electrons. The highest BCUT2D eigenvalue weighted by Gasteiger charge is 2.23. The largest absolute Gasteiger partial charge is 0.493 e. The smallest absolute Gasteiger partial charge is 0.338 e. The molecule has 0 unspecified atom stereocenters. The number of methoxy groups -OCH3 is 2. The minimum atomic E-state index is -0.458. The molecule has 0 radical (unpaired) electrons. The lowest BCUT2D eigenvalue weighted by Crippen LogP contribution is -2.18. The highest BCUT2D eigenvalue weighted by Crippen LogP contribution is 2.42. The van der Waals surface area contributed by atoms with Crippen LogP contribution in [-0.2, 0) is 11.8 Å². The van der Waals surface area contributed by atoms with Crippen molar-refractivity contribution in [2.45, 2.75) is 6.92 Å². The monoisotopic (exact) mass is 435 g/mol. The number of hydrogen-bond donors (Lipinski definition) is 0. The Kier molecular flexibility index (Phi) is 4.58. The summed E-state index contributed by atoms with van der Waals surface area (Å²) in [5, 5.41) is 3.11. The average molecular weight is 435 g/mol. The van der Waals surface area contributed by atoms with Gasteiger partial charge in [0.15, 0.2) is 23.0 Å². The van der Waals surface area contributed by atoms with Crippen LogP contribution in [0.1, 0.15) is 17.3 Å². The van der Waals surface area contributed by atoms with Gasteiger partial charge in [0, 0.05) is 28.6 Å². The van der Waals surface area contributed by atoms with E-state index in [1.54, 1.807) is 48.9 Å². The van der Waals surface area contributed by atoms with E-state index >= 15 is 0 Å². The number of aryl methyl sites for hydroxylation is 1. The zero-order valence-electron chi connectivity index (χ0n) is 18.1. The second-order valence-electron chi connectivity index (χ2n) is 7.41. The minimum Gasteiger partial charge on any atom is -0.493 e. The van der Waals surface area contributed by atoms with Crippen molar-refractivity contribution in [2.75, 3.05) is 27.6 Å². The number of fused-ring (bicyclic) bond motifs is 6. The number of benzene rings is 3. The zero-order valence-corrected chi connectivity index (χ0v) is 18.1. The first-order chi connectivity index (χ1) is 15.5. The van der Waals surface area contributed by atoms with E-state index in [0.717, 1.165) is 0 Å². The van der Waals surface area contributed by atoms with Gasteiger partial charge in [0.05, 0.1) is 37.3 Å². The van der Waals surface area contributed by atoms with Crippen LogP contribution in [-0.4, -0.2) is 38.2 Å². The van der Waals surface area contributed by atoms with Gasteiger partial charge in [-0.1, -0.05) is 0 Å². The molecule has 32 heavy (non-hydrogen) atoms. The highest BCUT2D eigenvalue weighted by molar-refractivity contribution is 6.21. The molecule has 0 aliphatic carbocycles. The predicted octanol–water partition coefficient (Wildman–Crippen LogP) is 3.77. The number of hydrogen-bond acceptors (Lipinski definition) is 7. The summed E-state index contributed by atoms with van der Waals surface area (Å²) >= 11 is 0. The van der Waals surface area contributed by atoms with Crippen LogP contribution in [0.25, 0.3) is 32.4 Å². The number of carbonyl (C=O) groups is 1. The van der Waals surface area contributed by atoms with Crippen LogP contribution in [0.5, 0.6) is 23.0 Å². The molecule has 1 aliphatic heterocycles. The molecule has 0 saturated heterocycles. The van der Waals surface area contributed by atoms with E-state index in [-0.39, 0.29) is 19.0 Å². The minimum absolute atomic E-state index is 0.0944. The van der Waals surface area contributed by atoms with E-state index in [1.807, 2.05) is 0 Å². The SMILES string of the molecule is CCOC(=O)c1cc2c3cc(OC)c(OC)cc3c(=O)n(C)c2c2cc3c(cc12)OCO3. The van der Waals surface area contributed by atoms with Crippen molar-refractivity contribution < 1.29 is 28.5 Å². The molecule has 3 aromatic carbocycles. The van der Waals surface area contributed by atoms with Gasteiger partial charge in [0.25, 0.3) is 5.56 Å². The molecular formula is C24H21NO7. The van der Waals surface area contributed by atoms with Crippen molar-refractivity contribution in [3.8, 4) is 23.0 Å². The second kappa shape index (κ2) is 7.33. The molecule has 0 fully saturated rings. The van der Waals surface area contributed by atoms with Gasteiger partial charge in [0.2, 0.25) is 6.79 Å². The highest BCUT2D eigenvalue weighted by atomic mass is 16.7. The Morgan fingerprint density at radius 2 is 1.50 bits per heavy atom. The molecule has 8 heteroatoms. The summed E-state index contributed by atoms with van der Waals surface area (Å²) in [6.45, 7) is 2.09. The molecule has 5 rings (SSSR count). The molecule has 0 atom stereocenters. The van der Waals surface area contributed by atoms with E-state index < -0.39 is 5.97 Å². The summed E-state index contributed by atoms with van der Waals surface area (Å²) in [6.07, 6.45) is 0. The molecule has 0 spiro atoms. The lowest BCUT2D eigenvalue weighted by atomic mass is 9.96. The maximum atomic E-state index is 13.3. The molecule has 0 bridgehead atoms. The third-order valence-corrected chi connectivity index (χ3v) is 5.78. The zero-order chi connectivity index (χ0) is 22.6. The summed E-state index contributed by atoms with van der Waals surface area (Å²) in [6, 6.07) is 8.72. The number of esters is 1. The predicted molar refractivity (Wildman–Crippen MR) is 119 cm³/mol. The van der Waals surface area contributed by atoms with Crippen molar-refractivity contribution in [1.29, 1.82) is 0 Å². The summed E-state index contributed by atoms with van der Waals surface area (Å²) in [7, 11) is 4.76. The Morgan fingerprint density at radius 3 is 2.12 bits per heavy atom. The molecule has 0 saturated carbocycles. The Labute approximate surface area is 182 Å². The summed E-state index contributed by atoms with van der Waals surface area (Å²) in [4.78, 5) is 26.2. The molecule has 0 N–H and O–H groups in total. The number of ether oxygens (including phenoxy) is 5. The number of nitrogens with zero attached hydrogens (tertiary/aromatic N) is 1. The molecular weight excluding hydrogens is 414 g/mol. The molecule has 8 nitrogen and oxygen atoms in total. The molecule has 1 aromatic heterocycles. The van der Waals surface area contributed by atoms with E-state index in [4.69, 9.17) is 23.7 Å². The topological polar surface area (TPSA) is 85.2 Å². The molecule has 2 heterocycles. The van der Waals surface area contributed by atoms with E-state index in [1.165, 1.54) is 14.2 Å². The third-order valence-electron chi connectivity index (χ3n) is 5.78. The van der Waals surface area contributed by atoms with E-state index in [2.05, 4.69) is 0 Å². The Bertz CT molecular complexity index is 1490. The Balaban J connectivity index is 2.02. The summed E-state index contributed by atoms with van der Waals surface area (Å²) < 4.78 is 28.8. The fourth-order valence-corrected chi connectivity index (χ4v) is 4.30. The second-order valence-corrected chi connectivity index (χ2v) is 7.41. The summed E-state index contributed by atoms with van der Waals surface area (Å²) in [5.74, 6) is 1.57. The van der Waals surface area contributed by atoms with Crippen molar-refractivity contribution >= 4 is 38.4 Å². The summed E-state index contributed by atoms with van der Waals surface area (Å²) in [5.41, 5.74) is 0.842. The van der Waals surface area contributed by atoms with Crippen molar-refractivity contribution in [2.24, 2.45) is 7.05 Å². The first-order valence-electron chi connectivity index (χ1n) is 10.1. The molecule has 1 aliphatic rings. The van der Waals surface area contributed by atoms with Gasteiger partial charge in [-0.3, -0.25) is 4.79 Å². The Hall–Kier alpha value is -3.94. The molecule has 4 aromatic rings. The quantitative estimate of drug-likeness (QED) is 0.356. The van der Waals surface area contributed by atoms with Gasteiger partial charge >= 0.3 is 5.97 Å². The van der Waals surface area contributed by atoms with Crippen LogP contribution in [0, 0.1) is 0 Å². The number of carbonyl (C=O) groups excluding carboxylic acids is 1. The van der Waals surface area contributed by atoms with Crippen LogP contribution < -0.4 is 24.5 Å². The number of aromatic nitrogens is 1. The van der Waals surface area contributed by atoms with Crippen molar-refractivity contribution in [3.63, 3.8) is 0 Å². The number of rotatable bonds is 4. The van der Waals surface area contributed by atoms with Crippen molar-refractivity contribution in [1.82, 2.24) is 4.57 Å². The van der Waals surface area contributed by atoms with Gasteiger partial charge in [-0.2, -0.15) is 0 Å². The fourth-order valence-electron chi connectivity index (χ4n) is 4.30. The van der Waals surface area contributed by atoms with Gasteiger partial charge in [-0.15, -0.1) is 0 Å². The van der Waals surface area contributed by atoms with Gasteiger partial charge in [-0.25, -0.2) is 4.79 Å². The molecule has 0 amide bonds. The van der Waals surface area contributed by atoms with Crippen LogP contribution in [0.3, 0.4) is 0 Å². The van der Waals surface area contributed by atoms with E-state index in [9.17, 15) is 9.59 Å².